The molecule has 0 saturated carbocycles. The monoisotopic (exact) mass is 179 g/mol. The van der Waals surface area contributed by atoms with E-state index in [4.69, 9.17) is 0 Å². The summed E-state index contributed by atoms with van der Waals surface area (Å²) in [7, 11) is 0. The summed E-state index contributed by atoms with van der Waals surface area (Å²) in [5.41, 5.74) is 2.38. The zero-order valence-corrected chi connectivity index (χ0v) is 9.06. The number of likely N-dealkylation sites (N-methyl/N-ethyl adjacent to an activating group) is 1. The summed E-state index contributed by atoms with van der Waals surface area (Å²) in [5, 5.41) is 3.32. The van der Waals surface area contributed by atoms with Crippen LogP contribution in [0.15, 0.2) is 36.1 Å². The number of allylic oxidation sites excluding steroid dienone is 4. The number of hydrogen-bond acceptors (Lipinski definition) is 1. The molecule has 0 unspecified atom stereocenters. The van der Waals surface area contributed by atoms with Gasteiger partial charge in [-0.25, -0.2) is 0 Å². The molecule has 0 aliphatic carbocycles. The van der Waals surface area contributed by atoms with Crippen molar-refractivity contribution in [1.82, 2.24) is 5.32 Å². The Morgan fingerprint density at radius 2 is 2.08 bits per heavy atom. The van der Waals surface area contributed by atoms with Crippen LogP contribution in [0.2, 0.25) is 0 Å². The second-order valence-corrected chi connectivity index (χ2v) is 2.91. The minimum Gasteiger partial charge on any atom is -0.385 e. The lowest BCUT2D eigenvalue weighted by molar-refractivity contribution is 0.842. The summed E-state index contributed by atoms with van der Waals surface area (Å²) in [6.45, 7) is 11.2. The third kappa shape index (κ3) is 5.29. The van der Waals surface area contributed by atoms with Gasteiger partial charge in [0.25, 0.3) is 0 Å². The first-order valence-corrected chi connectivity index (χ1v) is 4.99. The lowest BCUT2D eigenvalue weighted by Gasteiger charge is -2.09. The quantitative estimate of drug-likeness (QED) is 0.486. The molecule has 13 heavy (non-hydrogen) atoms. The maximum absolute atomic E-state index is 4.02. The SMILES string of the molecule is C=C(CC)/C(=C\C/C=C\C)NCC. The van der Waals surface area contributed by atoms with Crippen molar-refractivity contribution in [3.63, 3.8) is 0 Å². The first-order valence-electron chi connectivity index (χ1n) is 4.99. The fourth-order valence-electron chi connectivity index (χ4n) is 1.04. The van der Waals surface area contributed by atoms with Crippen molar-refractivity contribution in [1.29, 1.82) is 0 Å². The van der Waals surface area contributed by atoms with E-state index in [-0.39, 0.29) is 0 Å². The van der Waals surface area contributed by atoms with Gasteiger partial charge in [0.2, 0.25) is 0 Å². The number of hydrogen-bond donors (Lipinski definition) is 1. The minimum absolute atomic E-state index is 0.959. The Balaban J connectivity index is 4.21. The van der Waals surface area contributed by atoms with Gasteiger partial charge in [-0.3, -0.25) is 0 Å². The molecule has 0 aromatic carbocycles. The van der Waals surface area contributed by atoms with Gasteiger partial charge < -0.3 is 5.32 Å². The van der Waals surface area contributed by atoms with E-state index < -0.39 is 0 Å². The standard InChI is InChI=1S/C12H21N/c1-5-8-9-10-12(13-7-3)11(4)6-2/h5,8,10,13H,4,6-7,9H2,1-3H3/b8-5-,12-10+. The molecule has 0 atom stereocenters. The van der Waals surface area contributed by atoms with Crippen molar-refractivity contribution < 1.29 is 0 Å². The average molecular weight is 179 g/mol. The molecule has 74 valence electrons. The van der Waals surface area contributed by atoms with Crippen molar-refractivity contribution in [2.45, 2.75) is 33.6 Å². The molecule has 1 nitrogen and oxygen atoms in total. The Hall–Kier alpha value is -0.980. The van der Waals surface area contributed by atoms with E-state index in [0.717, 1.165) is 19.4 Å². The van der Waals surface area contributed by atoms with E-state index in [2.05, 4.69) is 44.0 Å². The molecule has 1 N–H and O–H groups in total. The second kappa shape index (κ2) is 7.66. The van der Waals surface area contributed by atoms with Crippen molar-refractivity contribution in [2.24, 2.45) is 0 Å². The molecule has 0 amide bonds. The second-order valence-electron chi connectivity index (χ2n) is 2.91. The normalized spacial score (nSPS) is 12.1. The fraction of sp³-hybridized carbons (Fsp3) is 0.500. The molecule has 0 fully saturated rings. The molecule has 0 aromatic heterocycles. The lowest BCUT2D eigenvalue weighted by atomic mass is 10.1. The van der Waals surface area contributed by atoms with Gasteiger partial charge in [-0.15, -0.1) is 0 Å². The molecule has 0 heterocycles. The fourth-order valence-corrected chi connectivity index (χ4v) is 1.04. The summed E-state index contributed by atoms with van der Waals surface area (Å²) >= 11 is 0. The van der Waals surface area contributed by atoms with Gasteiger partial charge >= 0.3 is 0 Å². The van der Waals surface area contributed by atoms with E-state index in [9.17, 15) is 0 Å². The Labute approximate surface area is 82.2 Å². The Morgan fingerprint density at radius 3 is 2.54 bits per heavy atom. The first kappa shape index (κ1) is 12.0. The topological polar surface area (TPSA) is 12.0 Å². The van der Waals surface area contributed by atoms with Gasteiger partial charge in [-0.1, -0.05) is 31.7 Å². The van der Waals surface area contributed by atoms with Crippen molar-refractivity contribution >= 4 is 0 Å². The molecule has 0 radical (unpaired) electrons. The molecular weight excluding hydrogens is 158 g/mol. The number of nitrogens with one attached hydrogen (secondary N) is 1. The summed E-state index contributed by atoms with van der Waals surface area (Å²) in [5.74, 6) is 0. The average Bonchev–Trinajstić information content (AvgIpc) is 2.16. The van der Waals surface area contributed by atoms with Gasteiger partial charge in [0, 0.05) is 12.2 Å². The molecule has 0 saturated heterocycles. The van der Waals surface area contributed by atoms with Gasteiger partial charge in [0.05, 0.1) is 0 Å². The van der Waals surface area contributed by atoms with E-state index in [1.807, 2.05) is 6.92 Å². The molecule has 0 rings (SSSR count). The maximum Gasteiger partial charge on any atom is 0.0329 e. The van der Waals surface area contributed by atoms with Gasteiger partial charge in [0.1, 0.15) is 0 Å². The summed E-state index contributed by atoms with van der Waals surface area (Å²) < 4.78 is 0. The predicted molar refractivity (Wildman–Crippen MR) is 60.6 cm³/mol. The van der Waals surface area contributed by atoms with Gasteiger partial charge in [0.15, 0.2) is 0 Å². The third-order valence-corrected chi connectivity index (χ3v) is 1.87. The van der Waals surface area contributed by atoms with Crippen LogP contribution in [0.3, 0.4) is 0 Å². The Bertz CT molecular complexity index is 199. The van der Waals surface area contributed by atoms with Gasteiger partial charge in [-0.05, 0) is 32.3 Å². The molecule has 1 heteroatoms. The summed E-state index contributed by atoms with van der Waals surface area (Å²) in [6.07, 6.45) is 8.39. The van der Waals surface area contributed by atoms with Crippen LogP contribution in [-0.4, -0.2) is 6.54 Å². The zero-order chi connectivity index (χ0) is 10.1. The molecule has 0 aliphatic heterocycles. The van der Waals surface area contributed by atoms with E-state index in [0.29, 0.717) is 0 Å². The molecular formula is C12H21N. The summed E-state index contributed by atoms with van der Waals surface area (Å²) in [4.78, 5) is 0. The highest BCUT2D eigenvalue weighted by atomic mass is 14.9. The smallest absolute Gasteiger partial charge is 0.0329 e. The van der Waals surface area contributed by atoms with Crippen LogP contribution in [-0.2, 0) is 0 Å². The van der Waals surface area contributed by atoms with Crippen LogP contribution in [0.1, 0.15) is 33.6 Å². The van der Waals surface area contributed by atoms with Crippen molar-refractivity contribution in [2.75, 3.05) is 6.54 Å². The number of rotatable bonds is 6. The van der Waals surface area contributed by atoms with Crippen LogP contribution in [0.25, 0.3) is 0 Å². The molecule has 0 aliphatic rings. The summed E-state index contributed by atoms with van der Waals surface area (Å²) in [6, 6.07) is 0. The van der Waals surface area contributed by atoms with Crippen molar-refractivity contribution in [3.05, 3.63) is 36.1 Å². The molecule has 0 bridgehead atoms. The highest BCUT2D eigenvalue weighted by Gasteiger charge is 1.96. The van der Waals surface area contributed by atoms with Crippen LogP contribution >= 0.6 is 0 Å². The van der Waals surface area contributed by atoms with E-state index in [1.54, 1.807) is 0 Å². The van der Waals surface area contributed by atoms with Crippen LogP contribution < -0.4 is 5.32 Å². The maximum atomic E-state index is 4.02. The first-order chi connectivity index (χ1) is 6.26. The third-order valence-electron chi connectivity index (χ3n) is 1.87. The molecule has 0 aromatic rings. The van der Waals surface area contributed by atoms with Crippen LogP contribution in [0.4, 0.5) is 0 Å². The Morgan fingerprint density at radius 1 is 1.38 bits per heavy atom. The van der Waals surface area contributed by atoms with E-state index in [1.165, 1.54) is 11.3 Å². The highest BCUT2D eigenvalue weighted by molar-refractivity contribution is 5.26. The van der Waals surface area contributed by atoms with Gasteiger partial charge in [-0.2, -0.15) is 0 Å². The molecule has 0 spiro atoms. The lowest BCUT2D eigenvalue weighted by Crippen LogP contribution is -2.13. The van der Waals surface area contributed by atoms with Crippen molar-refractivity contribution in [3.8, 4) is 0 Å². The minimum atomic E-state index is 0.959. The zero-order valence-electron chi connectivity index (χ0n) is 9.06. The highest BCUT2D eigenvalue weighted by Crippen LogP contribution is 2.09. The largest absolute Gasteiger partial charge is 0.385 e. The Kier molecular flexibility index (Phi) is 7.08. The van der Waals surface area contributed by atoms with Crippen LogP contribution in [0.5, 0.6) is 0 Å². The van der Waals surface area contributed by atoms with E-state index >= 15 is 0 Å². The predicted octanol–water partition coefficient (Wildman–Crippen LogP) is 3.41. The van der Waals surface area contributed by atoms with Crippen LogP contribution in [0, 0.1) is 0 Å².